The molecule has 25 heavy (non-hydrogen) atoms. The number of hydrazine groups is 1. The lowest BCUT2D eigenvalue weighted by atomic mass is 10.1. The fraction of sp³-hybridized carbons (Fsp3) is 0.421. The van der Waals surface area contributed by atoms with Gasteiger partial charge in [-0.15, -0.1) is 0 Å². The second-order valence-corrected chi connectivity index (χ2v) is 7.40. The van der Waals surface area contributed by atoms with Crippen LogP contribution in [0.25, 0.3) is 11.3 Å². The van der Waals surface area contributed by atoms with E-state index in [2.05, 4.69) is 10.9 Å². The van der Waals surface area contributed by atoms with E-state index in [1.165, 1.54) is 12.8 Å². The van der Waals surface area contributed by atoms with E-state index < -0.39 is 0 Å². The number of likely N-dealkylation sites (N-methyl/N-ethyl adjacent to an activating group) is 1. The standard InChI is InChI=1S/C19H22ClN3O2/c1-23(11-13-10-16(22-21-13)12-6-7-12)19(24)18-9-8-17(25-18)14-4-2-3-5-15(14)20/h2-5,8-9,12-13,16,21-22H,6-7,10-11H2,1H3. The van der Waals surface area contributed by atoms with Crippen LogP contribution >= 0.6 is 11.6 Å². The fourth-order valence-electron chi connectivity index (χ4n) is 3.44. The lowest BCUT2D eigenvalue weighted by molar-refractivity contribution is 0.0752. The summed E-state index contributed by atoms with van der Waals surface area (Å²) in [7, 11) is 1.81. The molecule has 2 fully saturated rings. The highest BCUT2D eigenvalue weighted by atomic mass is 35.5. The molecule has 2 aliphatic rings. The van der Waals surface area contributed by atoms with Gasteiger partial charge < -0.3 is 9.32 Å². The predicted octanol–water partition coefficient (Wildman–Crippen LogP) is 3.32. The monoisotopic (exact) mass is 359 g/mol. The molecule has 1 aromatic carbocycles. The molecule has 1 saturated heterocycles. The van der Waals surface area contributed by atoms with Crippen LogP contribution in [0.1, 0.15) is 29.8 Å². The van der Waals surface area contributed by atoms with Crippen LogP contribution in [0, 0.1) is 5.92 Å². The van der Waals surface area contributed by atoms with Crippen LogP contribution in [0.2, 0.25) is 5.02 Å². The minimum absolute atomic E-state index is 0.116. The molecule has 1 aliphatic heterocycles. The van der Waals surface area contributed by atoms with Gasteiger partial charge in [0.1, 0.15) is 5.76 Å². The van der Waals surface area contributed by atoms with Crippen LogP contribution in [-0.2, 0) is 0 Å². The lowest BCUT2D eigenvalue weighted by Crippen LogP contribution is -2.41. The third-order valence-corrected chi connectivity index (χ3v) is 5.33. The first-order valence-electron chi connectivity index (χ1n) is 8.73. The average Bonchev–Trinajstić information content (AvgIpc) is 3.16. The normalized spacial score (nSPS) is 23.0. The first-order valence-corrected chi connectivity index (χ1v) is 9.11. The molecule has 2 atom stereocenters. The Balaban J connectivity index is 1.40. The highest BCUT2D eigenvalue weighted by molar-refractivity contribution is 6.33. The number of nitrogens with one attached hydrogen (secondary N) is 2. The Bertz CT molecular complexity index is 772. The van der Waals surface area contributed by atoms with Gasteiger partial charge in [0.15, 0.2) is 5.76 Å². The molecule has 4 rings (SSSR count). The Morgan fingerprint density at radius 2 is 2.04 bits per heavy atom. The van der Waals surface area contributed by atoms with Gasteiger partial charge in [0.2, 0.25) is 0 Å². The largest absolute Gasteiger partial charge is 0.451 e. The van der Waals surface area contributed by atoms with Crippen LogP contribution in [-0.4, -0.2) is 36.5 Å². The highest BCUT2D eigenvalue weighted by Crippen LogP contribution is 2.35. The fourth-order valence-corrected chi connectivity index (χ4v) is 3.67. The van der Waals surface area contributed by atoms with Crippen molar-refractivity contribution >= 4 is 17.5 Å². The van der Waals surface area contributed by atoms with Gasteiger partial charge >= 0.3 is 0 Å². The van der Waals surface area contributed by atoms with Gasteiger partial charge in [0.25, 0.3) is 5.91 Å². The first-order chi connectivity index (χ1) is 12.1. The van der Waals surface area contributed by atoms with Gasteiger partial charge in [-0.05, 0) is 49.4 Å². The summed E-state index contributed by atoms with van der Waals surface area (Å²) in [6.07, 6.45) is 3.70. The molecule has 2 N–H and O–H groups in total. The SMILES string of the molecule is CN(CC1CC(C2CC2)NN1)C(=O)c1ccc(-c2ccccc2Cl)o1. The third kappa shape index (κ3) is 3.59. The summed E-state index contributed by atoms with van der Waals surface area (Å²) in [4.78, 5) is 14.4. The van der Waals surface area contributed by atoms with Crippen molar-refractivity contribution in [2.75, 3.05) is 13.6 Å². The summed E-state index contributed by atoms with van der Waals surface area (Å²) in [6.45, 7) is 0.650. The summed E-state index contributed by atoms with van der Waals surface area (Å²) in [5, 5.41) is 0.608. The molecule has 2 aromatic rings. The molecule has 2 unspecified atom stereocenters. The molecule has 0 bridgehead atoms. The van der Waals surface area contributed by atoms with Gasteiger partial charge in [-0.1, -0.05) is 23.7 Å². The van der Waals surface area contributed by atoms with Crippen LogP contribution in [0.5, 0.6) is 0 Å². The molecule has 0 spiro atoms. The Labute approximate surface area is 152 Å². The van der Waals surface area contributed by atoms with E-state index in [1.54, 1.807) is 17.0 Å². The number of hydrogen-bond donors (Lipinski definition) is 2. The minimum Gasteiger partial charge on any atom is -0.451 e. The first kappa shape index (κ1) is 16.6. The molecule has 132 valence electrons. The second-order valence-electron chi connectivity index (χ2n) is 6.99. The summed E-state index contributed by atoms with van der Waals surface area (Å²) in [5.74, 6) is 1.63. The van der Waals surface area contributed by atoms with E-state index in [9.17, 15) is 4.79 Å². The molecule has 2 heterocycles. The number of carbonyl (C=O) groups excluding carboxylic acids is 1. The molecule has 0 radical (unpaired) electrons. The van der Waals surface area contributed by atoms with Crippen molar-refractivity contribution in [1.29, 1.82) is 0 Å². The van der Waals surface area contributed by atoms with E-state index in [4.69, 9.17) is 16.0 Å². The van der Waals surface area contributed by atoms with E-state index >= 15 is 0 Å². The number of furan rings is 1. The molecule has 1 amide bonds. The summed E-state index contributed by atoms with van der Waals surface area (Å²) >= 11 is 6.20. The van der Waals surface area contributed by atoms with E-state index in [0.717, 1.165) is 17.9 Å². The summed E-state index contributed by atoms with van der Waals surface area (Å²) < 4.78 is 5.76. The van der Waals surface area contributed by atoms with E-state index in [-0.39, 0.29) is 11.9 Å². The zero-order chi connectivity index (χ0) is 17.4. The van der Waals surface area contributed by atoms with Crippen LogP contribution in [0.4, 0.5) is 0 Å². The van der Waals surface area contributed by atoms with Crippen molar-refractivity contribution in [3.63, 3.8) is 0 Å². The zero-order valence-electron chi connectivity index (χ0n) is 14.2. The van der Waals surface area contributed by atoms with Crippen LogP contribution in [0.3, 0.4) is 0 Å². The number of nitrogens with zero attached hydrogens (tertiary/aromatic N) is 1. The Kier molecular flexibility index (Phi) is 4.54. The van der Waals surface area contributed by atoms with Crippen molar-refractivity contribution < 1.29 is 9.21 Å². The molecule has 1 saturated carbocycles. The van der Waals surface area contributed by atoms with Crippen molar-refractivity contribution in [1.82, 2.24) is 15.8 Å². The second kappa shape index (κ2) is 6.83. The maximum atomic E-state index is 12.6. The highest BCUT2D eigenvalue weighted by Gasteiger charge is 2.37. The molecule has 6 heteroatoms. The van der Waals surface area contributed by atoms with E-state index in [0.29, 0.717) is 29.1 Å². The Morgan fingerprint density at radius 3 is 2.80 bits per heavy atom. The number of benzene rings is 1. The van der Waals surface area contributed by atoms with Gasteiger partial charge in [-0.2, -0.15) is 0 Å². The predicted molar refractivity (Wildman–Crippen MR) is 97.3 cm³/mol. The number of carbonyl (C=O) groups is 1. The smallest absolute Gasteiger partial charge is 0.289 e. The summed E-state index contributed by atoms with van der Waals surface area (Å²) in [5.41, 5.74) is 7.46. The summed E-state index contributed by atoms with van der Waals surface area (Å²) in [6, 6.07) is 11.8. The zero-order valence-corrected chi connectivity index (χ0v) is 14.9. The molecule has 1 aliphatic carbocycles. The number of amides is 1. The van der Waals surface area contributed by atoms with Crippen LogP contribution < -0.4 is 10.9 Å². The van der Waals surface area contributed by atoms with E-state index in [1.807, 2.05) is 31.3 Å². The van der Waals surface area contributed by atoms with Gasteiger partial charge in [-0.25, -0.2) is 0 Å². The number of halogens is 1. The molecule has 1 aromatic heterocycles. The number of rotatable bonds is 5. The molecular formula is C19H22ClN3O2. The molecular weight excluding hydrogens is 338 g/mol. The maximum Gasteiger partial charge on any atom is 0.289 e. The minimum atomic E-state index is -0.116. The Hall–Kier alpha value is -1.82. The third-order valence-electron chi connectivity index (χ3n) is 5.00. The van der Waals surface area contributed by atoms with Crippen molar-refractivity contribution in [3.8, 4) is 11.3 Å². The number of hydrogen-bond acceptors (Lipinski definition) is 4. The van der Waals surface area contributed by atoms with Crippen molar-refractivity contribution in [2.45, 2.75) is 31.3 Å². The lowest BCUT2D eigenvalue weighted by Gasteiger charge is -2.20. The van der Waals surface area contributed by atoms with Gasteiger partial charge in [0, 0.05) is 31.2 Å². The maximum absolute atomic E-state index is 12.6. The quantitative estimate of drug-likeness (QED) is 0.859. The topological polar surface area (TPSA) is 57.5 Å². The van der Waals surface area contributed by atoms with Gasteiger partial charge in [0.05, 0.1) is 5.02 Å². The van der Waals surface area contributed by atoms with Crippen molar-refractivity contribution in [2.24, 2.45) is 5.92 Å². The Morgan fingerprint density at radius 1 is 1.24 bits per heavy atom. The molecule has 5 nitrogen and oxygen atoms in total. The average molecular weight is 360 g/mol. The van der Waals surface area contributed by atoms with Gasteiger partial charge in [-0.3, -0.25) is 15.6 Å². The van der Waals surface area contributed by atoms with Crippen molar-refractivity contribution in [3.05, 3.63) is 47.2 Å². The van der Waals surface area contributed by atoms with Crippen LogP contribution in [0.15, 0.2) is 40.8 Å².